The maximum Gasteiger partial charge on any atom is 0.216 e. The van der Waals surface area contributed by atoms with Crippen molar-refractivity contribution < 1.29 is 8.98 Å². The van der Waals surface area contributed by atoms with E-state index < -0.39 is 0 Å². The lowest BCUT2D eigenvalue weighted by atomic mass is 9.95. The van der Waals surface area contributed by atoms with Crippen LogP contribution in [0.2, 0.25) is 0 Å². The Bertz CT molecular complexity index is 1760. The Morgan fingerprint density at radius 2 is 1.70 bits per heavy atom. The van der Waals surface area contributed by atoms with E-state index in [4.69, 9.17) is 4.42 Å². The lowest BCUT2D eigenvalue weighted by Crippen LogP contribution is -2.30. The molecule has 0 aliphatic heterocycles. The summed E-state index contributed by atoms with van der Waals surface area (Å²) in [6.07, 6.45) is 3.82. The monoisotopic (exact) mass is 426 g/mol. The summed E-state index contributed by atoms with van der Waals surface area (Å²) in [6.45, 7) is 2.10. The Morgan fingerprint density at radius 1 is 0.879 bits per heavy atom. The van der Waals surface area contributed by atoms with E-state index in [1.54, 1.807) is 6.20 Å². The van der Waals surface area contributed by atoms with Crippen molar-refractivity contribution in [2.45, 2.75) is 6.92 Å². The Labute approximate surface area is 191 Å². The van der Waals surface area contributed by atoms with E-state index in [0.29, 0.717) is 5.56 Å². The zero-order chi connectivity index (χ0) is 22.5. The summed E-state index contributed by atoms with van der Waals surface area (Å²) in [5.74, 6) is 0. The normalized spacial score (nSPS) is 11.3. The topological polar surface area (TPSA) is 53.7 Å². The number of aryl methyl sites for hydroxylation is 2. The van der Waals surface area contributed by atoms with Gasteiger partial charge in [0.1, 0.15) is 18.2 Å². The predicted molar refractivity (Wildman–Crippen MR) is 131 cm³/mol. The largest absolute Gasteiger partial charge is 0.454 e. The van der Waals surface area contributed by atoms with E-state index in [2.05, 4.69) is 40.7 Å². The summed E-state index contributed by atoms with van der Waals surface area (Å²) in [5, 5.41) is 13.0. The molecule has 0 amide bonds. The molecule has 3 aromatic carbocycles. The molecule has 0 aliphatic rings. The lowest BCUT2D eigenvalue weighted by molar-refractivity contribution is -0.660. The molecule has 0 saturated heterocycles. The smallest absolute Gasteiger partial charge is 0.216 e. The second-order valence-electron chi connectivity index (χ2n) is 8.32. The standard InChI is InChI=1S/C29H20N3O/c1-18-8-12-22-23-13-11-21(17-30)27(20-10-9-19-6-5-14-31-24(19)16-20)29(23)33-28(22)26(18)25-7-3-4-15-32(25)2/h3-16H,1-2H3/q+1. The summed E-state index contributed by atoms with van der Waals surface area (Å²) in [7, 11) is 2.04. The second-order valence-corrected chi connectivity index (χ2v) is 8.32. The van der Waals surface area contributed by atoms with Gasteiger partial charge < -0.3 is 4.42 Å². The molecule has 0 aliphatic carbocycles. The summed E-state index contributed by atoms with van der Waals surface area (Å²) in [5.41, 5.74) is 8.05. The number of furan rings is 1. The summed E-state index contributed by atoms with van der Waals surface area (Å²) < 4.78 is 8.73. The molecular weight excluding hydrogens is 406 g/mol. The number of nitriles is 1. The van der Waals surface area contributed by atoms with E-state index >= 15 is 0 Å². The van der Waals surface area contributed by atoms with Gasteiger partial charge in [0.25, 0.3) is 0 Å². The molecule has 0 bridgehead atoms. The minimum Gasteiger partial charge on any atom is -0.454 e. The van der Waals surface area contributed by atoms with Crippen LogP contribution in [0.3, 0.4) is 0 Å². The Morgan fingerprint density at radius 3 is 2.52 bits per heavy atom. The highest BCUT2D eigenvalue weighted by atomic mass is 16.3. The molecule has 3 aromatic heterocycles. The second kappa shape index (κ2) is 7.29. The van der Waals surface area contributed by atoms with Gasteiger partial charge in [-0.05, 0) is 48.4 Å². The Kier molecular flexibility index (Phi) is 4.24. The fourth-order valence-electron chi connectivity index (χ4n) is 4.71. The average Bonchev–Trinajstić information content (AvgIpc) is 3.22. The van der Waals surface area contributed by atoms with Gasteiger partial charge in [-0.1, -0.05) is 30.3 Å². The van der Waals surface area contributed by atoms with E-state index in [1.807, 2.05) is 67.8 Å². The zero-order valence-corrected chi connectivity index (χ0v) is 18.3. The molecule has 3 heterocycles. The number of aromatic nitrogens is 2. The van der Waals surface area contributed by atoms with Crippen molar-refractivity contribution >= 4 is 32.8 Å². The fraction of sp³-hybridized carbons (Fsp3) is 0.0690. The van der Waals surface area contributed by atoms with Crippen LogP contribution in [0.15, 0.2) is 89.6 Å². The first-order valence-electron chi connectivity index (χ1n) is 10.8. The molecule has 0 saturated carbocycles. The van der Waals surface area contributed by atoms with Gasteiger partial charge in [-0.25, -0.2) is 4.57 Å². The highest BCUT2D eigenvalue weighted by Gasteiger charge is 2.22. The minimum atomic E-state index is 0.584. The number of benzene rings is 3. The van der Waals surface area contributed by atoms with E-state index in [-0.39, 0.29) is 0 Å². The number of hydrogen-bond acceptors (Lipinski definition) is 3. The predicted octanol–water partition coefficient (Wildman–Crippen LogP) is 6.47. The molecule has 6 aromatic rings. The quantitative estimate of drug-likeness (QED) is 0.298. The van der Waals surface area contributed by atoms with E-state index in [0.717, 1.165) is 60.8 Å². The fourth-order valence-corrected chi connectivity index (χ4v) is 4.71. The summed E-state index contributed by atoms with van der Waals surface area (Å²) in [6, 6.07) is 26.7. The molecule has 33 heavy (non-hydrogen) atoms. The number of fused-ring (bicyclic) bond motifs is 4. The zero-order valence-electron chi connectivity index (χ0n) is 18.3. The lowest BCUT2D eigenvalue weighted by Gasteiger charge is -2.07. The van der Waals surface area contributed by atoms with Gasteiger partial charge in [0, 0.05) is 40.1 Å². The average molecular weight is 426 g/mol. The van der Waals surface area contributed by atoms with Crippen LogP contribution in [-0.4, -0.2) is 4.98 Å². The SMILES string of the molecule is Cc1ccc2c(oc3c(-c4ccc5cccnc5c4)c(C#N)ccc32)c1-c1cccc[n+]1C. The third-order valence-corrected chi connectivity index (χ3v) is 6.34. The van der Waals surface area contributed by atoms with Crippen LogP contribution < -0.4 is 4.57 Å². The third-order valence-electron chi connectivity index (χ3n) is 6.34. The minimum absolute atomic E-state index is 0.584. The third kappa shape index (κ3) is 2.90. The van der Waals surface area contributed by atoms with Crippen LogP contribution in [0, 0.1) is 18.3 Å². The van der Waals surface area contributed by atoms with Crippen LogP contribution in [0.25, 0.3) is 55.2 Å². The first kappa shape index (κ1) is 19.2. The van der Waals surface area contributed by atoms with Crippen LogP contribution in [-0.2, 0) is 7.05 Å². The number of nitrogens with zero attached hydrogens (tertiary/aromatic N) is 3. The van der Waals surface area contributed by atoms with Gasteiger partial charge in [-0.15, -0.1) is 0 Å². The Balaban J connectivity index is 1.72. The molecule has 0 atom stereocenters. The van der Waals surface area contributed by atoms with Gasteiger partial charge in [0.2, 0.25) is 5.69 Å². The first-order chi connectivity index (χ1) is 16.2. The van der Waals surface area contributed by atoms with Gasteiger partial charge in [-0.3, -0.25) is 4.98 Å². The number of hydrogen-bond donors (Lipinski definition) is 0. The van der Waals surface area contributed by atoms with Crippen molar-refractivity contribution in [1.29, 1.82) is 5.26 Å². The van der Waals surface area contributed by atoms with Gasteiger partial charge in [0.15, 0.2) is 6.20 Å². The van der Waals surface area contributed by atoms with Crippen LogP contribution >= 0.6 is 0 Å². The van der Waals surface area contributed by atoms with Crippen LogP contribution in [0.1, 0.15) is 11.1 Å². The van der Waals surface area contributed by atoms with Crippen LogP contribution in [0.4, 0.5) is 0 Å². The molecule has 6 rings (SSSR count). The molecule has 4 nitrogen and oxygen atoms in total. The maximum absolute atomic E-state index is 9.93. The molecular formula is C29H20N3O+. The Hall–Kier alpha value is -4.49. The molecule has 4 heteroatoms. The van der Waals surface area contributed by atoms with Crippen molar-refractivity contribution in [3.8, 4) is 28.5 Å². The van der Waals surface area contributed by atoms with Crippen molar-refractivity contribution in [1.82, 2.24) is 4.98 Å². The highest BCUT2D eigenvalue weighted by molar-refractivity contribution is 6.14. The molecule has 0 N–H and O–H groups in total. The van der Waals surface area contributed by atoms with Crippen molar-refractivity contribution in [2.24, 2.45) is 7.05 Å². The molecule has 0 spiro atoms. The van der Waals surface area contributed by atoms with Crippen molar-refractivity contribution in [3.63, 3.8) is 0 Å². The molecule has 0 fully saturated rings. The summed E-state index contributed by atoms with van der Waals surface area (Å²) in [4.78, 5) is 4.50. The molecule has 0 radical (unpaired) electrons. The number of rotatable bonds is 2. The highest BCUT2D eigenvalue weighted by Crippen LogP contribution is 2.42. The van der Waals surface area contributed by atoms with Gasteiger partial charge >= 0.3 is 0 Å². The van der Waals surface area contributed by atoms with Gasteiger partial charge in [0.05, 0.1) is 22.7 Å². The first-order valence-corrected chi connectivity index (χ1v) is 10.8. The molecule has 0 unspecified atom stereocenters. The van der Waals surface area contributed by atoms with Gasteiger partial charge in [-0.2, -0.15) is 5.26 Å². The maximum atomic E-state index is 9.93. The van der Waals surface area contributed by atoms with Crippen LogP contribution in [0.5, 0.6) is 0 Å². The van der Waals surface area contributed by atoms with Crippen molar-refractivity contribution in [3.05, 3.63) is 96.3 Å². The number of pyridine rings is 2. The summed E-state index contributed by atoms with van der Waals surface area (Å²) >= 11 is 0. The molecule has 156 valence electrons. The van der Waals surface area contributed by atoms with E-state index in [9.17, 15) is 5.26 Å². The van der Waals surface area contributed by atoms with E-state index in [1.165, 1.54) is 0 Å². The van der Waals surface area contributed by atoms with Crippen molar-refractivity contribution in [2.75, 3.05) is 0 Å².